The van der Waals surface area contributed by atoms with E-state index < -0.39 is 22.4 Å². The molecule has 0 spiro atoms. The van der Waals surface area contributed by atoms with Crippen LogP contribution in [-0.2, 0) is 9.59 Å². The molecule has 32 heavy (non-hydrogen) atoms. The van der Waals surface area contributed by atoms with Crippen LogP contribution < -0.4 is 10.2 Å². The number of halogens is 1. The first-order chi connectivity index (χ1) is 15.0. The van der Waals surface area contributed by atoms with Crippen molar-refractivity contribution in [2.45, 2.75) is 127 Å². The number of carbonyl (C=O) groups excluding carboxylic acids is 2. The van der Waals surface area contributed by atoms with Crippen molar-refractivity contribution >= 4 is 66.1 Å². The van der Waals surface area contributed by atoms with E-state index in [0.717, 1.165) is 37.5 Å². The molecule has 8 heteroatoms. The van der Waals surface area contributed by atoms with Gasteiger partial charge in [-0.25, -0.2) is 0 Å². The van der Waals surface area contributed by atoms with Crippen LogP contribution in [0.5, 0.6) is 0 Å². The molecule has 4 nitrogen and oxygen atoms in total. The molecule has 0 aromatic heterocycles. The molecule has 0 aromatic rings. The molecule has 0 fully saturated rings. The number of rotatable bonds is 17. The van der Waals surface area contributed by atoms with Crippen molar-refractivity contribution in [1.82, 2.24) is 0 Å². The fraction of sp³-hybridized carbons (Fsp3) is 0.917. The van der Waals surface area contributed by atoms with Gasteiger partial charge in [0, 0.05) is 10.5 Å². The molecule has 190 valence electrons. The Balaban J connectivity index is -0.000000422. The van der Waals surface area contributed by atoms with Crippen LogP contribution in [0.25, 0.3) is 0 Å². The minimum absolute atomic E-state index is 0.338. The summed E-state index contributed by atoms with van der Waals surface area (Å²) in [6.07, 6.45) is 12.8. The molecule has 0 amide bonds. The molecular weight excluding hydrogens is 571 g/mol. The summed E-state index contributed by atoms with van der Waals surface area (Å²) in [5.74, 6) is -0.611. The number of hydrogen-bond donors (Lipinski definition) is 2. The Morgan fingerprint density at radius 1 is 0.719 bits per heavy atom. The second-order valence-electron chi connectivity index (χ2n) is 8.97. The molecule has 0 saturated carbocycles. The van der Waals surface area contributed by atoms with Crippen LogP contribution in [0.2, 0.25) is 4.44 Å². The predicted octanol–water partition coefficient (Wildman–Crippen LogP) is 5.35. The van der Waals surface area contributed by atoms with Crippen molar-refractivity contribution in [2.24, 2.45) is 11.8 Å². The van der Waals surface area contributed by atoms with Crippen molar-refractivity contribution < 1.29 is 19.8 Å². The van der Waals surface area contributed by atoms with Gasteiger partial charge in [-0.05, 0) is 24.7 Å². The van der Waals surface area contributed by atoms with Crippen molar-refractivity contribution in [2.75, 3.05) is 0 Å². The number of aliphatic carboxylic acids is 2. The Morgan fingerprint density at radius 2 is 1.06 bits per heavy atom. The number of carboxylic acids is 2. The fourth-order valence-electron chi connectivity index (χ4n) is 2.61. The van der Waals surface area contributed by atoms with Gasteiger partial charge in [-0.15, -0.1) is 0 Å². The predicted molar refractivity (Wildman–Crippen MR) is 143 cm³/mol. The molecule has 0 bridgehead atoms. The third-order valence-corrected chi connectivity index (χ3v) is 8.44. The second kappa shape index (κ2) is 28.0. The standard InChI is InChI=1S/2C10H20O2S.C4H9.ClH.Sn/c2*1-8(2)6-4-3-5-7-9(13)10(11)12;1-3-4-2;;/h2*8-9,13H,3-7H2,1-2H3,(H,11,12);1,3-4H2,2H3;1H;/q;;;;+3/p-3. The van der Waals surface area contributed by atoms with E-state index >= 15 is 0 Å². The summed E-state index contributed by atoms with van der Waals surface area (Å²) < 4.78 is 1.35. The zero-order chi connectivity index (χ0) is 25.4. The number of carbonyl (C=O) groups is 2. The molecule has 0 saturated heterocycles. The fourth-order valence-corrected chi connectivity index (χ4v) is 5.27. The van der Waals surface area contributed by atoms with Crippen LogP contribution in [0, 0.1) is 11.8 Å². The third kappa shape index (κ3) is 35.3. The van der Waals surface area contributed by atoms with E-state index in [2.05, 4.69) is 59.9 Å². The van der Waals surface area contributed by atoms with Crippen LogP contribution in [0.4, 0.5) is 0 Å². The molecule has 0 heterocycles. The number of thiol groups is 2. The van der Waals surface area contributed by atoms with Crippen LogP contribution in [0.15, 0.2) is 0 Å². The van der Waals surface area contributed by atoms with Gasteiger partial charge in [0.25, 0.3) is 0 Å². The van der Waals surface area contributed by atoms with E-state index in [-0.39, 0.29) is 20.0 Å². The molecule has 2 unspecified atom stereocenters. The van der Waals surface area contributed by atoms with Gasteiger partial charge in [-0.3, -0.25) is 0 Å². The second-order valence-corrected chi connectivity index (χ2v) is 14.2. The van der Waals surface area contributed by atoms with Crippen molar-refractivity contribution in [3.8, 4) is 0 Å². The van der Waals surface area contributed by atoms with Crippen LogP contribution in [-0.4, -0.2) is 42.5 Å². The van der Waals surface area contributed by atoms with Gasteiger partial charge in [0.15, 0.2) is 0 Å². The van der Waals surface area contributed by atoms with Gasteiger partial charge in [-0.2, -0.15) is 25.3 Å². The van der Waals surface area contributed by atoms with Gasteiger partial charge in [-0.1, -0.05) is 79.1 Å². The summed E-state index contributed by atoms with van der Waals surface area (Å²) in [6.45, 7) is 11.0. The average molecular weight is 618 g/mol. The number of carboxylic acid groups (broad SMARTS) is 2. The first-order valence-corrected chi connectivity index (χ1v) is 18.8. The van der Waals surface area contributed by atoms with E-state index in [1.807, 2.05) is 0 Å². The third-order valence-electron chi connectivity index (χ3n) is 4.69. The Hall–Kier alpha value is 0.729. The molecule has 0 aliphatic heterocycles. The molecule has 0 rings (SSSR count). The maximum atomic E-state index is 10.3. The van der Waals surface area contributed by atoms with Crippen molar-refractivity contribution in [3.05, 3.63) is 0 Å². The summed E-state index contributed by atoms with van der Waals surface area (Å²) in [7, 11) is 5.55. The van der Waals surface area contributed by atoms with Gasteiger partial charge < -0.3 is 19.8 Å². The molecular formula is C24H47ClO4S2Sn. The molecule has 0 aliphatic carbocycles. The minimum atomic E-state index is -1.05. The monoisotopic (exact) mass is 618 g/mol. The summed E-state index contributed by atoms with van der Waals surface area (Å²) in [5, 5.41) is 19.4. The number of unbranched alkanes of at least 4 members (excludes halogenated alkanes) is 5. The Kier molecular flexibility index (Phi) is 32.6. The van der Waals surface area contributed by atoms with E-state index in [1.165, 1.54) is 43.0 Å². The Morgan fingerprint density at radius 3 is 1.28 bits per heavy atom. The van der Waals surface area contributed by atoms with Crippen LogP contribution in [0.3, 0.4) is 0 Å². The van der Waals surface area contributed by atoms with Gasteiger partial charge in [0.2, 0.25) is 0 Å². The Labute approximate surface area is 223 Å². The van der Waals surface area contributed by atoms with E-state index in [9.17, 15) is 19.8 Å². The zero-order valence-electron chi connectivity index (χ0n) is 20.9. The van der Waals surface area contributed by atoms with E-state index in [1.54, 1.807) is 0 Å². The maximum absolute atomic E-state index is 10.3. The van der Waals surface area contributed by atoms with Gasteiger partial charge >= 0.3 is 53.1 Å². The van der Waals surface area contributed by atoms with Crippen molar-refractivity contribution in [3.63, 3.8) is 0 Å². The first-order valence-electron chi connectivity index (χ1n) is 12.1. The van der Waals surface area contributed by atoms with Crippen LogP contribution in [0.1, 0.15) is 112 Å². The average Bonchev–Trinajstić information content (AvgIpc) is 2.71. The van der Waals surface area contributed by atoms with Crippen LogP contribution >= 0.6 is 34.2 Å². The summed E-state index contributed by atoms with van der Waals surface area (Å²) in [5.41, 5.74) is 0. The number of hydrogen-bond acceptors (Lipinski definition) is 6. The Bertz CT molecular complexity index is 389. The van der Waals surface area contributed by atoms with Gasteiger partial charge in [0.05, 0.1) is 11.9 Å². The van der Waals surface area contributed by atoms with E-state index in [4.69, 9.17) is 8.92 Å². The zero-order valence-corrected chi connectivity index (χ0v) is 26.3. The quantitative estimate of drug-likeness (QED) is 0.131. The molecule has 0 aromatic carbocycles. The topological polar surface area (TPSA) is 80.3 Å². The normalized spacial score (nSPS) is 12.2. The summed E-state index contributed by atoms with van der Waals surface area (Å²) >= 11 is 7.47. The molecule has 0 aliphatic rings. The summed E-state index contributed by atoms with van der Waals surface area (Å²) in [6, 6.07) is 0. The van der Waals surface area contributed by atoms with Crippen molar-refractivity contribution in [1.29, 1.82) is 0 Å². The SMILES string of the molecule is CC(C)CCCCCC(S)C(=O)[O-].CC(C)CCCCCC(S)C(=O)[O-].CCC[CH2][Sn+2][Cl]. The molecule has 0 N–H and O–H groups in total. The molecule has 2 atom stereocenters. The van der Waals surface area contributed by atoms with E-state index in [0.29, 0.717) is 12.8 Å². The first kappa shape index (κ1) is 37.3. The van der Waals surface area contributed by atoms with Gasteiger partial charge in [0.1, 0.15) is 0 Å². The molecule has 0 radical (unpaired) electrons. The summed E-state index contributed by atoms with van der Waals surface area (Å²) in [4.78, 5) is 20.6.